The number of nitrogens with one attached hydrogen (secondary N) is 2. The average Bonchev–Trinajstić information content (AvgIpc) is 2.70. The van der Waals surface area contributed by atoms with Crippen LogP contribution < -0.4 is 15.4 Å². The van der Waals surface area contributed by atoms with Crippen LogP contribution in [0.15, 0.2) is 54.9 Å². The van der Waals surface area contributed by atoms with Crippen LogP contribution in [0.4, 0.5) is 20.7 Å². The Morgan fingerprint density at radius 1 is 1.07 bits per heavy atom. The summed E-state index contributed by atoms with van der Waals surface area (Å²) in [6, 6.07) is 12.0. The van der Waals surface area contributed by atoms with Crippen molar-refractivity contribution in [2.24, 2.45) is 0 Å². The fourth-order valence-corrected chi connectivity index (χ4v) is 2.57. The van der Waals surface area contributed by atoms with Gasteiger partial charge in [0.2, 0.25) is 0 Å². The quantitative estimate of drug-likeness (QED) is 0.620. The molecule has 3 rings (SSSR count). The fourth-order valence-electron chi connectivity index (χ4n) is 2.57. The van der Waals surface area contributed by atoms with Gasteiger partial charge in [-0.3, -0.25) is 5.32 Å². The Balaban J connectivity index is 1.67. The molecule has 0 radical (unpaired) electrons. The molecular formula is C22H20FN5O2. The van der Waals surface area contributed by atoms with E-state index in [2.05, 4.69) is 41.4 Å². The molecule has 2 N–H and O–H groups in total. The van der Waals surface area contributed by atoms with Crippen molar-refractivity contribution in [2.75, 3.05) is 10.6 Å². The first-order valence-corrected chi connectivity index (χ1v) is 9.13. The molecule has 152 valence electrons. The largest absolute Gasteiger partial charge is 0.454 e. The van der Waals surface area contributed by atoms with Gasteiger partial charge >= 0.3 is 6.03 Å². The summed E-state index contributed by atoms with van der Waals surface area (Å²) in [5.41, 5.74) is 1.34. The average molecular weight is 405 g/mol. The van der Waals surface area contributed by atoms with Crippen LogP contribution in [0.5, 0.6) is 11.5 Å². The molecule has 0 atom stereocenters. The summed E-state index contributed by atoms with van der Waals surface area (Å²) >= 11 is 0. The first-order valence-electron chi connectivity index (χ1n) is 9.13. The fraction of sp³-hybridized carbons (Fsp3) is 0.182. The zero-order chi connectivity index (χ0) is 21.7. The summed E-state index contributed by atoms with van der Waals surface area (Å²) < 4.78 is 19.8. The Bertz CT molecular complexity index is 1120. The van der Waals surface area contributed by atoms with Crippen LogP contribution >= 0.6 is 0 Å². The van der Waals surface area contributed by atoms with E-state index >= 15 is 0 Å². The van der Waals surface area contributed by atoms with Gasteiger partial charge in [0.1, 0.15) is 23.3 Å². The second-order valence-corrected chi connectivity index (χ2v) is 7.49. The van der Waals surface area contributed by atoms with Crippen LogP contribution in [-0.4, -0.2) is 16.0 Å². The lowest BCUT2D eigenvalue weighted by molar-refractivity contribution is 0.262. The summed E-state index contributed by atoms with van der Waals surface area (Å²) in [4.78, 5) is 20.2. The lowest BCUT2D eigenvalue weighted by atomic mass is 9.88. The van der Waals surface area contributed by atoms with E-state index in [9.17, 15) is 9.18 Å². The number of hydrogen-bond donors (Lipinski definition) is 2. The molecule has 0 bridgehead atoms. The van der Waals surface area contributed by atoms with E-state index in [1.54, 1.807) is 12.3 Å². The van der Waals surface area contributed by atoms with Crippen molar-refractivity contribution in [1.82, 2.24) is 9.97 Å². The summed E-state index contributed by atoms with van der Waals surface area (Å²) in [6.07, 6.45) is 3.02. The van der Waals surface area contributed by atoms with Gasteiger partial charge in [-0.1, -0.05) is 20.8 Å². The van der Waals surface area contributed by atoms with Crippen LogP contribution in [0, 0.1) is 17.1 Å². The van der Waals surface area contributed by atoms with Crippen LogP contribution in [0.25, 0.3) is 0 Å². The molecule has 0 fully saturated rings. The van der Waals surface area contributed by atoms with Crippen molar-refractivity contribution in [3.8, 4) is 17.6 Å². The molecule has 1 aromatic carbocycles. The van der Waals surface area contributed by atoms with Crippen molar-refractivity contribution in [3.05, 3.63) is 71.9 Å². The molecule has 0 aliphatic carbocycles. The molecule has 2 heterocycles. The van der Waals surface area contributed by atoms with E-state index in [4.69, 9.17) is 10.00 Å². The third-order valence-electron chi connectivity index (χ3n) is 4.13. The third kappa shape index (κ3) is 5.29. The summed E-state index contributed by atoms with van der Waals surface area (Å²) in [7, 11) is 0. The first kappa shape index (κ1) is 20.7. The number of ether oxygens (including phenoxy) is 1. The van der Waals surface area contributed by atoms with Crippen molar-refractivity contribution < 1.29 is 13.9 Å². The minimum atomic E-state index is -0.670. The number of halogens is 1. The smallest absolute Gasteiger partial charge is 0.324 e. The zero-order valence-electron chi connectivity index (χ0n) is 16.7. The van der Waals surface area contributed by atoms with Crippen LogP contribution in [0.3, 0.4) is 0 Å². The Kier molecular flexibility index (Phi) is 5.93. The highest BCUT2D eigenvalue weighted by Gasteiger charge is 2.15. The van der Waals surface area contributed by atoms with E-state index in [1.807, 2.05) is 12.1 Å². The third-order valence-corrected chi connectivity index (χ3v) is 4.13. The Hall–Kier alpha value is -3.99. The van der Waals surface area contributed by atoms with Gasteiger partial charge in [-0.05, 0) is 41.3 Å². The lowest BCUT2D eigenvalue weighted by Crippen LogP contribution is -2.21. The Morgan fingerprint density at radius 3 is 2.53 bits per heavy atom. The van der Waals surface area contributed by atoms with E-state index in [1.165, 1.54) is 30.5 Å². The van der Waals surface area contributed by atoms with Gasteiger partial charge in [-0.25, -0.2) is 19.2 Å². The lowest BCUT2D eigenvalue weighted by Gasteiger charge is -2.19. The minimum Gasteiger partial charge on any atom is -0.454 e. The van der Waals surface area contributed by atoms with Crippen molar-refractivity contribution in [3.63, 3.8) is 0 Å². The van der Waals surface area contributed by atoms with E-state index in [0.29, 0.717) is 5.82 Å². The monoisotopic (exact) mass is 405 g/mol. The topological polar surface area (TPSA) is 99.9 Å². The first-order chi connectivity index (χ1) is 14.2. The number of carbonyl (C=O) groups is 1. The predicted octanol–water partition coefficient (Wildman–Crippen LogP) is 5.22. The second kappa shape index (κ2) is 8.57. The van der Waals surface area contributed by atoms with Gasteiger partial charge < -0.3 is 10.1 Å². The van der Waals surface area contributed by atoms with Gasteiger partial charge in [-0.2, -0.15) is 5.26 Å². The molecule has 0 saturated carbocycles. The van der Waals surface area contributed by atoms with Crippen LogP contribution in [-0.2, 0) is 5.41 Å². The molecule has 8 heteroatoms. The highest BCUT2D eigenvalue weighted by Crippen LogP contribution is 2.27. The van der Waals surface area contributed by atoms with Crippen molar-refractivity contribution in [1.29, 1.82) is 5.26 Å². The maximum Gasteiger partial charge on any atom is 0.324 e. The molecule has 0 unspecified atom stereocenters. The molecule has 0 aliphatic heterocycles. The summed E-state index contributed by atoms with van der Waals surface area (Å²) in [6.45, 7) is 6.18. The highest BCUT2D eigenvalue weighted by molar-refractivity contribution is 5.99. The van der Waals surface area contributed by atoms with Crippen LogP contribution in [0.1, 0.15) is 32.0 Å². The number of aromatic nitrogens is 2. The standard InChI is InChI=1S/C22H20FN5O2/c1-22(2,3)14-6-8-26-20(10-14)28-21(29)27-15-4-5-19(18(23)12-15)30-17-7-9-25-16(11-17)13-24/h4-12H,1-3H3,(H2,26,27,28,29). The number of carbonyl (C=O) groups excluding carboxylic acids is 1. The zero-order valence-corrected chi connectivity index (χ0v) is 16.7. The summed E-state index contributed by atoms with van der Waals surface area (Å²) in [5, 5.41) is 14.1. The molecular weight excluding hydrogens is 385 g/mol. The van der Waals surface area contributed by atoms with Gasteiger partial charge in [-0.15, -0.1) is 0 Å². The normalized spacial score (nSPS) is 10.8. The Morgan fingerprint density at radius 2 is 1.83 bits per heavy atom. The number of nitrogens with zero attached hydrogens (tertiary/aromatic N) is 3. The van der Waals surface area contributed by atoms with Gasteiger partial charge in [0.15, 0.2) is 11.6 Å². The van der Waals surface area contributed by atoms with E-state index in [0.717, 1.165) is 11.6 Å². The number of pyridine rings is 2. The molecule has 0 spiro atoms. The minimum absolute atomic E-state index is 0.0457. The van der Waals surface area contributed by atoms with Crippen LogP contribution in [0.2, 0.25) is 0 Å². The van der Waals surface area contributed by atoms with Gasteiger partial charge in [0.05, 0.1) is 0 Å². The Labute approximate surface area is 173 Å². The maximum absolute atomic E-state index is 14.4. The van der Waals surface area contributed by atoms with Gasteiger partial charge in [0.25, 0.3) is 0 Å². The molecule has 0 aliphatic rings. The number of nitriles is 1. The second-order valence-electron chi connectivity index (χ2n) is 7.49. The predicted molar refractivity (Wildman–Crippen MR) is 111 cm³/mol. The van der Waals surface area contributed by atoms with Gasteiger partial charge in [0, 0.05) is 30.2 Å². The highest BCUT2D eigenvalue weighted by atomic mass is 19.1. The van der Waals surface area contributed by atoms with E-state index in [-0.39, 0.29) is 28.3 Å². The van der Waals surface area contributed by atoms with Crippen molar-refractivity contribution in [2.45, 2.75) is 26.2 Å². The summed E-state index contributed by atoms with van der Waals surface area (Å²) in [5.74, 6) is -0.0402. The molecule has 3 aromatic rings. The molecule has 2 amide bonds. The SMILES string of the molecule is CC(C)(C)c1ccnc(NC(=O)Nc2ccc(Oc3ccnc(C#N)c3)c(F)c2)c1. The number of hydrogen-bond acceptors (Lipinski definition) is 5. The van der Waals surface area contributed by atoms with Crippen molar-refractivity contribution >= 4 is 17.5 Å². The number of rotatable bonds is 4. The molecule has 0 saturated heterocycles. The maximum atomic E-state index is 14.4. The molecule has 30 heavy (non-hydrogen) atoms. The number of benzene rings is 1. The molecule has 7 nitrogen and oxygen atoms in total. The number of amides is 2. The number of anilines is 2. The number of urea groups is 1. The van der Waals surface area contributed by atoms with E-state index < -0.39 is 11.8 Å². The molecule has 2 aromatic heterocycles.